The summed E-state index contributed by atoms with van der Waals surface area (Å²) in [6, 6.07) is 5.94. The molecule has 110 valence electrons. The van der Waals surface area contributed by atoms with Crippen LogP contribution < -0.4 is 16.6 Å². The zero-order valence-corrected chi connectivity index (χ0v) is 12.1. The van der Waals surface area contributed by atoms with E-state index in [9.17, 15) is 9.18 Å². The fraction of sp³-hybridized carbons (Fsp3) is 0.267. The first kappa shape index (κ1) is 13.9. The molecule has 0 amide bonds. The molecule has 1 aliphatic rings. The monoisotopic (exact) mass is 307 g/mol. The number of aromatic nitrogens is 1. The van der Waals surface area contributed by atoms with Crippen LogP contribution in [0.3, 0.4) is 0 Å². The molecule has 2 heterocycles. The number of hydrogen-bond acceptors (Lipinski definition) is 3. The quantitative estimate of drug-likeness (QED) is 0.896. The molecule has 3 N–H and O–H groups in total. The van der Waals surface area contributed by atoms with Crippen LogP contribution in [0.1, 0.15) is 17.5 Å². The Hall–Kier alpha value is -2.01. The summed E-state index contributed by atoms with van der Waals surface area (Å²) in [5.74, 6) is 0.278. The summed E-state index contributed by atoms with van der Waals surface area (Å²) in [5.41, 5.74) is 7.23. The van der Waals surface area contributed by atoms with E-state index in [2.05, 4.69) is 5.32 Å². The molecular formula is C15H15ClFN3O. The summed E-state index contributed by atoms with van der Waals surface area (Å²) in [7, 11) is 0. The minimum Gasteiger partial charge on any atom is -0.396 e. The molecule has 4 nitrogen and oxygen atoms in total. The molecule has 21 heavy (non-hydrogen) atoms. The molecule has 0 fully saturated rings. The molecule has 0 saturated carbocycles. The van der Waals surface area contributed by atoms with E-state index in [0.29, 0.717) is 34.2 Å². The fourth-order valence-corrected chi connectivity index (χ4v) is 2.81. The molecule has 1 aromatic carbocycles. The Labute approximate surface area is 126 Å². The smallest absolute Gasteiger partial charge is 0.255 e. The van der Waals surface area contributed by atoms with Crippen molar-refractivity contribution in [1.29, 1.82) is 0 Å². The molecule has 6 heteroatoms. The van der Waals surface area contributed by atoms with Gasteiger partial charge in [0, 0.05) is 30.1 Å². The standard InChI is InChI=1S/C15H15ClFN3O/c16-11-2-3-12(17)9(7-11)6-10-8-13(18)14-19-4-1-5-20(14)15(10)21/h2-3,7-8,19H,1,4-6,18H2. The normalized spacial score (nSPS) is 13.6. The van der Waals surface area contributed by atoms with Gasteiger partial charge in [-0.3, -0.25) is 9.36 Å². The lowest BCUT2D eigenvalue weighted by molar-refractivity contribution is 0.600. The van der Waals surface area contributed by atoms with E-state index >= 15 is 0 Å². The molecule has 0 unspecified atom stereocenters. The second-order valence-corrected chi connectivity index (χ2v) is 5.56. The van der Waals surface area contributed by atoms with Gasteiger partial charge in [-0.25, -0.2) is 4.39 Å². The Kier molecular flexibility index (Phi) is 3.59. The number of hydrogen-bond donors (Lipinski definition) is 2. The van der Waals surface area contributed by atoms with Gasteiger partial charge in [0.2, 0.25) is 0 Å². The largest absolute Gasteiger partial charge is 0.396 e. The number of anilines is 2. The van der Waals surface area contributed by atoms with Gasteiger partial charge in [0.15, 0.2) is 0 Å². The van der Waals surface area contributed by atoms with Crippen LogP contribution in [0.2, 0.25) is 5.02 Å². The zero-order valence-electron chi connectivity index (χ0n) is 11.3. The number of nitrogen functional groups attached to an aromatic ring is 1. The van der Waals surface area contributed by atoms with Crippen LogP contribution in [0, 0.1) is 5.82 Å². The van der Waals surface area contributed by atoms with E-state index in [-0.39, 0.29) is 17.8 Å². The fourth-order valence-electron chi connectivity index (χ4n) is 2.61. The van der Waals surface area contributed by atoms with Crippen LogP contribution in [-0.2, 0) is 13.0 Å². The highest BCUT2D eigenvalue weighted by Crippen LogP contribution is 2.23. The Balaban J connectivity index is 2.05. The van der Waals surface area contributed by atoms with Crippen LogP contribution in [0.25, 0.3) is 0 Å². The number of halogens is 2. The van der Waals surface area contributed by atoms with Gasteiger partial charge in [0.05, 0.1) is 5.69 Å². The number of nitrogens with zero attached hydrogens (tertiary/aromatic N) is 1. The lowest BCUT2D eigenvalue weighted by Crippen LogP contribution is -2.32. The maximum absolute atomic E-state index is 13.8. The van der Waals surface area contributed by atoms with Crippen molar-refractivity contribution in [2.24, 2.45) is 0 Å². The molecule has 0 aliphatic carbocycles. The summed E-state index contributed by atoms with van der Waals surface area (Å²) in [5, 5.41) is 3.57. The molecular weight excluding hydrogens is 293 g/mol. The van der Waals surface area contributed by atoms with Gasteiger partial charge >= 0.3 is 0 Å². The summed E-state index contributed by atoms with van der Waals surface area (Å²) in [4.78, 5) is 12.5. The zero-order chi connectivity index (χ0) is 15.0. The van der Waals surface area contributed by atoms with Gasteiger partial charge in [-0.1, -0.05) is 11.6 Å². The van der Waals surface area contributed by atoms with E-state index in [1.165, 1.54) is 18.2 Å². The van der Waals surface area contributed by atoms with Crippen molar-refractivity contribution in [2.45, 2.75) is 19.4 Å². The Morgan fingerprint density at radius 2 is 2.14 bits per heavy atom. The minimum atomic E-state index is -0.377. The van der Waals surface area contributed by atoms with Crippen molar-refractivity contribution in [1.82, 2.24) is 4.57 Å². The molecule has 0 atom stereocenters. The maximum Gasteiger partial charge on any atom is 0.255 e. The van der Waals surface area contributed by atoms with E-state index < -0.39 is 0 Å². The minimum absolute atomic E-state index is 0.134. The average molecular weight is 308 g/mol. The average Bonchev–Trinajstić information content (AvgIpc) is 2.48. The number of nitrogens with two attached hydrogens (primary N) is 1. The predicted molar refractivity (Wildman–Crippen MR) is 82.4 cm³/mol. The number of nitrogens with one attached hydrogen (secondary N) is 1. The summed E-state index contributed by atoms with van der Waals surface area (Å²) in [6.07, 6.45) is 1.04. The second-order valence-electron chi connectivity index (χ2n) is 5.12. The van der Waals surface area contributed by atoms with Crippen molar-refractivity contribution in [3.8, 4) is 0 Å². The van der Waals surface area contributed by atoms with Crippen molar-refractivity contribution in [2.75, 3.05) is 17.6 Å². The Morgan fingerprint density at radius 1 is 1.33 bits per heavy atom. The van der Waals surface area contributed by atoms with E-state index in [1.807, 2.05) is 0 Å². The highest BCUT2D eigenvalue weighted by atomic mass is 35.5. The van der Waals surface area contributed by atoms with Crippen molar-refractivity contribution < 1.29 is 4.39 Å². The molecule has 1 aliphatic heterocycles. The molecule has 1 aromatic heterocycles. The number of rotatable bonds is 2. The van der Waals surface area contributed by atoms with Crippen molar-refractivity contribution in [3.63, 3.8) is 0 Å². The van der Waals surface area contributed by atoms with Gasteiger partial charge in [-0.2, -0.15) is 0 Å². The predicted octanol–water partition coefficient (Wildman–Crippen LogP) is 2.63. The van der Waals surface area contributed by atoms with Crippen LogP contribution in [-0.4, -0.2) is 11.1 Å². The molecule has 0 saturated heterocycles. The van der Waals surface area contributed by atoms with E-state index in [4.69, 9.17) is 17.3 Å². The van der Waals surface area contributed by atoms with Gasteiger partial charge in [0.25, 0.3) is 5.56 Å². The highest BCUT2D eigenvalue weighted by Gasteiger charge is 2.17. The van der Waals surface area contributed by atoms with E-state index in [0.717, 1.165) is 13.0 Å². The highest BCUT2D eigenvalue weighted by molar-refractivity contribution is 6.30. The van der Waals surface area contributed by atoms with Crippen LogP contribution in [0.4, 0.5) is 15.9 Å². The summed E-state index contributed by atoms with van der Waals surface area (Å²) in [6.45, 7) is 1.42. The molecule has 0 spiro atoms. The lowest BCUT2D eigenvalue weighted by Gasteiger charge is -2.22. The summed E-state index contributed by atoms with van der Waals surface area (Å²) < 4.78 is 15.4. The number of benzene rings is 1. The van der Waals surface area contributed by atoms with Gasteiger partial charge in [0.1, 0.15) is 11.6 Å². The van der Waals surface area contributed by atoms with Gasteiger partial charge in [-0.15, -0.1) is 0 Å². The molecule has 0 radical (unpaired) electrons. The third-order valence-corrected chi connectivity index (χ3v) is 3.87. The van der Waals surface area contributed by atoms with Crippen LogP contribution >= 0.6 is 11.6 Å². The molecule has 0 bridgehead atoms. The van der Waals surface area contributed by atoms with Gasteiger partial charge in [-0.05, 0) is 36.2 Å². The first-order valence-corrected chi connectivity index (χ1v) is 7.14. The van der Waals surface area contributed by atoms with Crippen LogP contribution in [0.5, 0.6) is 0 Å². The third-order valence-electron chi connectivity index (χ3n) is 3.63. The maximum atomic E-state index is 13.8. The number of fused-ring (bicyclic) bond motifs is 1. The first-order chi connectivity index (χ1) is 10.1. The van der Waals surface area contributed by atoms with Crippen molar-refractivity contribution in [3.05, 3.63) is 56.6 Å². The van der Waals surface area contributed by atoms with Gasteiger partial charge < -0.3 is 11.1 Å². The third kappa shape index (κ3) is 2.61. The molecule has 2 aromatic rings. The van der Waals surface area contributed by atoms with E-state index in [1.54, 1.807) is 10.6 Å². The Morgan fingerprint density at radius 3 is 2.95 bits per heavy atom. The lowest BCUT2D eigenvalue weighted by atomic mass is 10.0. The summed E-state index contributed by atoms with van der Waals surface area (Å²) >= 11 is 5.88. The topological polar surface area (TPSA) is 60.1 Å². The first-order valence-electron chi connectivity index (χ1n) is 6.76. The molecule has 3 rings (SSSR count). The Bertz CT molecular complexity index is 757. The second kappa shape index (κ2) is 5.41. The van der Waals surface area contributed by atoms with Crippen molar-refractivity contribution >= 4 is 23.1 Å². The number of pyridine rings is 1. The van der Waals surface area contributed by atoms with Crippen LogP contribution in [0.15, 0.2) is 29.1 Å². The SMILES string of the molecule is Nc1cc(Cc2cc(Cl)ccc2F)c(=O)n2c1NCCC2.